The van der Waals surface area contributed by atoms with Crippen LogP contribution in [0, 0.1) is 5.92 Å². The van der Waals surface area contributed by atoms with Crippen LogP contribution < -0.4 is 20.2 Å². The summed E-state index contributed by atoms with van der Waals surface area (Å²) in [5.41, 5.74) is 3.68. The highest BCUT2D eigenvalue weighted by Crippen LogP contribution is 2.29. The van der Waals surface area contributed by atoms with E-state index in [1.807, 2.05) is 24.4 Å². The highest BCUT2D eigenvalue weighted by atomic mass is 32.1. The van der Waals surface area contributed by atoms with Crippen LogP contribution in [-0.2, 0) is 0 Å². The van der Waals surface area contributed by atoms with Crippen molar-refractivity contribution < 1.29 is 9.47 Å². The van der Waals surface area contributed by atoms with E-state index in [4.69, 9.17) is 21.7 Å². The van der Waals surface area contributed by atoms with Gasteiger partial charge < -0.3 is 14.8 Å². The normalized spacial score (nSPS) is 15.5. The number of methoxy groups -OCH3 is 2. The summed E-state index contributed by atoms with van der Waals surface area (Å²) in [5, 5.41) is 7.77. The Kier molecular flexibility index (Phi) is 6.45. The number of nitrogens with one attached hydrogen (secondary N) is 2. The van der Waals surface area contributed by atoms with Crippen molar-refractivity contribution in [2.75, 3.05) is 19.5 Å². The molecule has 0 atom stereocenters. The topological polar surface area (TPSA) is 54.9 Å². The number of hydrogen-bond acceptors (Lipinski definition) is 4. The predicted octanol–water partition coefficient (Wildman–Crippen LogP) is 3.56. The second-order valence-electron chi connectivity index (χ2n) is 5.31. The van der Waals surface area contributed by atoms with Gasteiger partial charge in [-0.05, 0) is 43.1 Å². The average Bonchev–Trinajstić information content (AvgIpc) is 2.55. The minimum atomic E-state index is 0.458. The molecule has 1 aromatic rings. The maximum atomic E-state index is 5.26. The molecule has 0 bridgehead atoms. The first-order chi connectivity index (χ1) is 10.7. The third-order valence-corrected chi connectivity index (χ3v) is 3.94. The van der Waals surface area contributed by atoms with Crippen LogP contribution in [0.3, 0.4) is 0 Å². The van der Waals surface area contributed by atoms with Gasteiger partial charge in [0.1, 0.15) is 0 Å². The van der Waals surface area contributed by atoms with Crippen LogP contribution in [0.2, 0.25) is 0 Å². The molecule has 2 N–H and O–H groups in total. The molecule has 1 aliphatic rings. The van der Waals surface area contributed by atoms with Crippen molar-refractivity contribution in [1.82, 2.24) is 5.43 Å². The van der Waals surface area contributed by atoms with Crippen molar-refractivity contribution >= 4 is 29.2 Å². The first kappa shape index (κ1) is 16.5. The van der Waals surface area contributed by atoms with Gasteiger partial charge in [-0.2, -0.15) is 5.10 Å². The number of thiocarbonyl (C=S) groups is 1. The molecule has 0 saturated heterocycles. The lowest BCUT2D eigenvalue weighted by molar-refractivity contribution is 0.355. The van der Waals surface area contributed by atoms with Gasteiger partial charge in [-0.3, -0.25) is 5.43 Å². The van der Waals surface area contributed by atoms with E-state index >= 15 is 0 Å². The number of hydrazone groups is 1. The van der Waals surface area contributed by atoms with Gasteiger partial charge >= 0.3 is 0 Å². The Morgan fingerprint density at radius 2 is 1.91 bits per heavy atom. The first-order valence-electron chi connectivity index (χ1n) is 7.55. The van der Waals surface area contributed by atoms with Gasteiger partial charge in [0.2, 0.25) is 0 Å². The Labute approximate surface area is 137 Å². The summed E-state index contributed by atoms with van der Waals surface area (Å²) in [5.74, 6) is 1.91. The van der Waals surface area contributed by atoms with Crippen molar-refractivity contribution in [3.05, 3.63) is 18.2 Å². The molecular weight excluding hydrogens is 298 g/mol. The van der Waals surface area contributed by atoms with Crippen molar-refractivity contribution in [3.63, 3.8) is 0 Å². The molecule has 0 amide bonds. The summed E-state index contributed by atoms with van der Waals surface area (Å²) >= 11 is 5.24. The third kappa shape index (κ3) is 4.87. The lowest BCUT2D eigenvalue weighted by Gasteiger charge is -2.17. The number of nitrogens with zero attached hydrogens (tertiary/aromatic N) is 1. The summed E-state index contributed by atoms with van der Waals surface area (Å²) in [6, 6.07) is 5.53. The smallest absolute Gasteiger partial charge is 0.191 e. The van der Waals surface area contributed by atoms with E-state index in [-0.39, 0.29) is 0 Å². The highest BCUT2D eigenvalue weighted by molar-refractivity contribution is 7.80. The Morgan fingerprint density at radius 1 is 1.18 bits per heavy atom. The summed E-state index contributed by atoms with van der Waals surface area (Å²) in [7, 11) is 3.21. The molecule has 1 saturated carbocycles. The number of ether oxygens (including phenoxy) is 2. The molecular formula is C16H23N3O2S. The largest absolute Gasteiger partial charge is 0.493 e. The van der Waals surface area contributed by atoms with E-state index in [0.717, 1.165) is 5.69 Å². The monoisotopic (exact) mass is 321 g/mol. The number of anilines is 1. The summed E-state index contributed by atoms with van der Waals surface area (Å²) < 4.78 is 10.5. The second kappa shape index (κ2) is 8.58. The van der Waals surface area contributed by atoms with E-state index < -0.39 is 0 Å². The van der Waals surface area contributed by atoms with Crippen LogP contribution >= 0.6 is 12.2 Å². The van der Waals surface area contributed by atoms with E-state index in [2.05, 4.69) is 15.8 Å². The number of hydrogen-bond donors (Lipinski definition) is 2. The van der Waals surface area contributed by atoms with E-state index in [1.54, 1.807) is 14.2 Å². The number of benzene rings is 1. The quantitative estimate of drug-likeness (QED) is 0.493. The van der Waals surface area contributed by atoms with Crippen LogP contribution in [0.1, 0.15) is 32.1 Å². The summed E-state index contributed by atoms with van der Waals surface area (Å²) in [6.45, 7) is 0. The molecule has 0 spiro atoms. The Morgan fingerprint density at radius 3 is 2.59 bits per heavy atom. The molecule has 2 rings (SSSR count). The molecule has 0 heterocycles. The van der Waals surface area contributed by atoms with Crippen LogP contribution in [0.15, 0.2) is 23.3 Å². The van der Waals surface area contributed by atoms with Gasteiger partial charge in [0.05, 0.1) is 14.2 Å². The fourth-order valence-electron chi connectivity index (χ4n) is 2.56. The minimum absolute atomic E-state index is 0.458. The van der Waals surface area contributed by atoms with Gasteiger partial charge in [0, 0.05) is 18.0 Å². The standard InChI is InChI=1S/C16H23N3O2S/c1-20-14-9-8-13(10-15(14)21-2)18-16(22)19-17-11-12-6-4-3-5-7-12/h8-12H,3-7H2,1-2H3,(H2,18,19,22). The zero-order valence-electron chi connectivity index (χ0n) is 13.1. The van der Waals surface area contributed by atoms with Crippen molar-refractivity contribution in [2.45, 2.75) is 32.1 Å². The highest BCUT2D eigenvalue weighted by Gasteiger charge is 2.10. The maximum absolute atomic E-state index is 5.26. The zero-order chi connectivity index (χ0) is 15.8. The minimum Gasteiger partial charge on any atom is -0.493 e. The van der Waals surface area contributed by atoms with Crippen LogP contribution in [0.4, 0.5) is 5.69 Å². The SMILES string of the molecule is COc1ccc(NC(=S)NN=CC2CCCCC2)cc1OC. The Hall–Kier alpha value is -1.82. The van der Waals surface area contributed by atoms with E-state index in [0.29, 0.717) is 22.5 Å². The van der Waals surface area contributed by atoms with Gasteiger partial charge in [0.15, 0.2) is 16.6 Å². The molecule has 5 nitrogen and oxygen atoms in total. The Bertz CT molecular complexity index is 528. The van der Waals surface area contributed by atoms with E-state index in [1.165, 1.54) is 32.1 Å². The molecule has 0 aliphatic heterocycles. The fourth-order valence-corrected chi connectivity index (χ4v) is 2.73. The molecule has 0 aromatic heterocycles. The number of rotatable bonds is 5. The third-order valence-electron chi connectivity index (χ3n) is 3.74. The van der Waals surface area contributed by atoms with Gasteiger partial charge in [-0.1, -0.05) is 19.3 Å². The van der Waals surface area contributed by atoms with Crippen LogP contribution in [0.25, 0.3) is 0 Å². The molecule has 6 heteroatoms. The summed E-state index contributed by atoms with van der Waals surface area (Å²) in [4.78, 5) is 0. The van der Waals surface area contributed by atoms with Gasteiger partial charge in [-0.15, -0.1) is 0 Å². The van der Waals surface area contributed by atoms with Crippen molar-refractivity contribution in [1.29, 1.82) is 0 Å². The van der Waals surface area contributed by atoms with Crippen molar-refractivity contribution in [2.24, 2.45) is 11.0 Å². The molecule has 120 valence electrons. The van der Waals surface area contributed by atoms with Gasteiger partial charge in [-0.25, -0.2) is 0 Å². The molecule has 1 aliphatic carbocycles. The molecule has 0 unspecified atom stereocenters. The van der Waals surface area contributed by atoms with Crippen molar-refractivity contribution in [3.8, 4) is 11.5 Å². The maximum Gasteiger partial charge on any atom is 0.191 e. The zero-order valence-corrected chi connectivity index (χ0v) is 13.9. The van der Waals surface area contributed by atoms with E-state index in [9.17, 15) is 0 Å². The lowest BCUT2D eigenvalue weighted by Crippen LogP contribution is -2.24. The molecule has 22 heavy (non-hydrogen) atoms. The first-order valence-corrected chi connectivity index (χ1v) is 7.96. The van der Waals surface area contributed by atoms with Gasteiger partial charge in [0.25, 0.3) is 0 Å². The summed E-state index contributed by atoms with van der Waals surface area (Å²) in [6.07, 6.45) is 8.36. The fraction of sp³-hybridized carbons (Fsp3) is 0.500. The van der Waals surface area contributed by atoms with Crippen LogP contribution in [-0.4, -0.2) is 25.5 Å². The average molecular weight is 321 g/mol. The Balaban J connectivity index is 1.84. The molecule has 1 aromatic carbocycles. The second-order valence-corrected chi connectivity index (χ2v) is 5.72. The predicted molar refractivity (Wildman–Crippen MR) is 94.0 cm³/mol. The lowest BCUT2D eigenvalue weighted by atomic mass is 9.90. The van der Waals surface area contributed by atoms with Crippen LogP contribution in [0.5, 0.6) is 11.5 Å². The molecule has 1 fully saturated rings. The molecule has 0 radical (unpaired) electrons.